The van der Waals surface area contributed by atoms with Gasteiger partial charge in [0.1, 0.15) is 28.9 Å². The van der Waals surface area contributed by atoms with Crippen molar-refractivity contribution in [3.05, 3.63) is 110 Å². The van der Waals surface area contributed by atoms with Crippen molar-refractivity contribution in [3.8, 4) is 17.2 Å². The minimum atomic E-state index is -0.634. The molecule has 168 valence electrons. The molecular formula is C26H15ClO7. The van der Waals surface area contributed by atoms with E-state index in [1.54, 1.807) is 43.3 Å². The number of fused-ring (bicyclic) bond motifs is 2. The maximum Gasteiger partial charge on any atom is 0.345 e. The van der Waals surface area contributed by atoms with Gasteiger partial charge in [0.05, 0.1) is 16.0 Å². The highest BCUT2D eigenvalue weighted by molar-refractivity contribution is 6.33. The van der Waals surface area contributed by atoms with Crippen LogP contribution in [0.25, 0.3) is 21.9 Å². The lowest BCUT2D eigenvalue weighted by molar-refractivity contribution is 0.0735. The normalized spacial score (nSPS) is 11.0. The van der Waals surface area contributed by atoms with Gasteiger partial charge in [0.25, 0.3) is 0 Å². The molecule has 0 fully saturated rings. The molecule has 5 aromatic rings. The number of benzene rings is 3. The average molecular weight is 475 g/mol. The lowest BCUT2D eigenvalue weighted by Gasteiger charge is -2.08. The smallest absolute Gasteiger partial charge is 0.345 e. The van der Waals surface area contributed by atoms with Crippen LogP contribution in [0.4, 0.5) is 0 Å². The van der Waals surface area contributed by atoms with Gasteiger partial charge < -0.3 is 18.3 Å². The Morgan fingerprint density at radius 1 is 0.882 bits per heavy atom. The fourth-order valence-electron chi connectivity index (χ4n) is 3.51. The summed E-state index contributed by atoms with van der Waals surface area (Å²) >= 11 is 6.04. The van der Waals surface area contributed by atoms with Gasteiger partial charge in [-0.05, 0) is 48.9 Å². The Balaban J connectivity index is 1.43. The van der Waals surface area contributed by atoms with Gasteiger partial charge in [-0.1, -0.05) is 23.7 Å². The number of halogens is 1. The number of hydrogen-bond donors (Lipinski definition) is 0. The number of hydrogen-bond acceptors (Lipinski definition) is 7. The van der Waals surface area contributed by atoms with Crippen molar-refractivity contribution in [1.82, 2.24) is 0 Å². The molecule has 0 aliphatic heterocycles. The summed E-state index contributed by atoms with van der Waals surface area (Å²) < 4.78 is 21.8. The first kappa shape index (κ1) is 21.5. The molecule has 0 saturated carbocycles. The Kier molecular flexibility index (Phi) is 5.39. The van der Waals surface area contributed by atoms with Crippen LogP contribution >= 0.6 is 11.6 Å². The highest BCUT2D eigenvalue weighted by atomic mass is 35.5. The summed E-state index contributed by atoms with van der Waals surface area (Å²) in [7, 11) is 0. The number of carbonyl (C=O) groups is 1. The summed E-state index contributed by atoms with van der Waals surface area (Å²) in [6.45, 7) is 1.80. The van der Waals surface area contributed by atoms with Gasteiger partial charge in [-0.15, -0.1) is 0 Å². The van der Waals surface area contributed by atoms with Crippen LogP contribution < -0.4 is 20.5 Å². The maximum atomic E-state index is 12.9. The fourth-order valence-corrected chi connectivity index (χ4v) is 3.72. The van der Waals surface area contributed by atoms with E-state index in [0.29, 0.717) is 11.3 Å². The predicted octanol–water partition coefficient (Wildman–Crippen LogP) is 5.87. The molecule has 3 aromatic carbocycles. The molecule has 0 saturated heterocycles. The summed E-state index contributed by atoms with van der Waals surface area (Å²) in [5.74, 6) is -0.194. The van der Waals surface area contributed by atoms with Crippen LogP contribution in [-0.4, -0.2) is 5.97 Å². The molecule has 0 aliphatic rings. The van der Waals surface area contributed by atoms with E-state index in [2.05, 4.69) is 0 Å². The second-order valence-electron chi connectivity index (χ2n) is 7.46. The Morgan fingerprint density at radius 3 is 2.44 bits per heavy atom. The van der Waals surface area contributed by atoms with E-state index in [0.717, 1.165) is 10.9 Å². The third-order valence-electron chi connectivity index (χ3n) is 5.17. The first-order valence-electron chi connectivity index (χ1n) is 10.1. The molecule has 8 heteroatoms. The Hall–Kier alpha value is -4.36. The van der Waals surface area contributed by atoms with Crippen molar-refractivity contribution in [2.24, 2.45) is 0 Å². The molecule has 0 unspecified atom stereocenters. The zero-order valence-electron chi connectivity index (χ0n) is 17.7. The van der Waals surface area contributed by atoms with E-state index in [1.165, 1.54) is 36.6 Å². The van der Waals surface area contributed by atoms with Crippen LogP contribution in [-0.2, 0) is 0 Å². The van der Waals surface area contributed by atoms with Crippen molar-refractivity contribution in [2.75, 3.05) is 0 Å². The van der Waals surface area contributed by atoms with Crippen molar-refractivity contribution in [1.29, 1.82) is 0 Å². The highest BCUT2D eigenvalue weighted by Crippen LogP contribution is 2.28. The maximum absolute atomic E-state index is 12.9. The number of rotatable bonds is 4. The van der Waals surface area contributed by atoms with Crippen LogP contribution in [0.15, 0.2) is 91.4 Å². The van der Waals surface area contributed by atoms with Crippen molar-refractivity contribution >= 4 is 39.5 Å². The minimum absolute atomic E-state index is 0.0531. The van der Waals surface area contributed by atoms with Crippen LogP contribution in [0, 0.1) is 6.92 Å². The van der Waals surface area contributed by atoms with Crippen LogP contribution in [0.2, 0.25) is 5.02 Å². The van der Waals surface area contributed by atoms with Crippen LogP contribution in [0.3, 0.4) is 0 Å². The predicted molar refractivity (Wildman–Crippen MR) is 126 cm³/mol. The second-order valence-corrected chi connectivity index (χ2v) is 7.87. The number of carbonyl (C=O) groups excluding carboxylic acids is 1. The van der Waals surface area contributed by atoms with Crippen molar-refractivity contribution in [3.63, 3.8) is 0 Å². The van der Waals surface area contributed by atoms with E-state index in [9.17, 15) is 14.4 Å². The van der Waals surface area contributed by atoms with Gasteiger partial charge >= 0.3 is 11.6 Å². The van der Waals surface area contributed by atoms with Gasteiger partial charge in [-0.25, -0.2) is 9.59 Å². The topological polar surface area (TPSA) is 95.9 Å². The SMILES string of the molecule is Cc1cc(=O)oc2cc(Oc3coc4cc(OC(=O)c5ccccc5Cl)ccc4c3=O)ccc12. The Bertz CT molecular complexity index is 1700. The quantitative estimate of drug-likeness (QED) is 0.182. The summed E-state index contributed by atoms with van der Waals surface area (Å²) in [6.07, 6.45) is 1.17. The second kappa shape index (κ2) is 8.53. The number of ether oxygens (including phenoxy) is 2. The van der Waals surface area contributed by atoms with E-state index in [-0.39, 0.29) is 33.1 Å². The summed E-state index contributed by atoms with van der Waals surface area (Å²) in [6, 6.07) is 17.2. The molecule has 34 heavy (non-hydrogen) atoms. The molecule has 0 spiro atoms. The van der Waals surface area contributed by atoms with Crippen LogP contribution in [0.5, 0.6) is 17.2 Å². The van der Waals surface area contributed by atoms with Gasteiger partial charge in [0, 0.05) is 23.6 Å². The highest BCUT2D eigenvalue weighted by Gasteiger charge is 2.15. The molecule has 0 bridgehead atoms. The van der Waals surface area contributed by atoms with Gasteiger partial charge in [0.15, 0.2) is 0 Å². The Morgan fingerprint density at radius 2 is 1.62 bits per heavy atom. The molecule has 0 aliphatic carbocycles. The van der Waals surface area contributed by atoms with E-state index in [1.807, 2.05) is 0 Å². The minimum Gasteiger partial charge on any atom is -0.460 e. The number of esters is 1. The molecule has 0 radical (unpaired) electrons. The fraction of sp³-hybridized carbons (Fsp3) is 0.0385. The van der Waals surface area contributed by atoms with Gasteiger partial charge in [-0.3, -0.25) is 4.79 Å². The van der Waals surface area contributed by atoms with E-state index >= 15 is 0 Å². The summed E-state index contributed by atoms with van der Waals surface area (Å²) in [5.41, 5.74) is 0.652. The zero-order chi connectivity index (χ0) is 23.8. The summed E-state index contributed by atoms with van der Waals surface area (Å²) in [4.78, 5) is 37.0. The lowest BCUT2D eigenvalue weighted by Crippen LogP contribution is -2.09. The molecule has 2 aromatic heterocycles. The molecule has 0 N–H and O–H groups in total. The molecule has 7 nitrogen and oxygen atoms in total. The first-order chi connectivity index (χ1) is 16.4. The van der Waals surface area contributed by atoms with Crippen molar-refractivity contribution in [2.45, 2.75) is 6.92 Å². The van der Waals surface area contributed by atoms with Gasteiger partial charge in [0.2, 0.25) is 11.2 Å². The monoisotopic (exact) mass is 474 g/mol. The Labute approximate surface area is 196 Å². The average Bonchev–Trinajstić information content (AvgIpc) is 2.81. The van der Waals surface area contributed by atoms with E-state index < -0.39 is 17.0 Å². The lowest BCUT2D eigenvalue weighted by atomic mass is 10.1. The molecule has 5 rings (SSSR count). The van der Waals surface area contributed by atoms with E-state index in [4.69, 9.17) is 29.9 Å². The number of aryl methyl sites for hydroxylation is 1. The summed E-state index contributed by atoms with van der Waals surface area (Å²) in [5, 5.41) is 1.26. The third-order valence-corrected chi connectivity index (χ3v) is 5.50. The van der Waals surface area contributed by atoms with Crippen molar-refractivity contribution < 1.29 is 23.1 Å². The largest absolute Gasteiger partial charge is 0.460 e. The van der Waals surface area contributed by atoms with Gasteiger partial charge in [-0.2, -0.15) is 0 Å². The van der Waals surface area contributed by atoms with Crippen LogP contribution in [0.1, 0.15) is 15.9 Å². The molecule has 2 heterocycles. The molecule has 0 amide bonds. The first-order valence-corrected chi connectivity index (χ1v) is 10.5. The molecular weight excluding hydrogens is 460 g/mol. The molecule has 0 atom stereocenters. The zero-order valence-corrected chi connectivity index (χ0v) is 18.4. The standard InChI is InChI=1S/C26H15ClO7/c1-14-10-24(28)34-22-12-15(6-8-17(14)22)32-23-13-31-21-11-16(7-9-19(21)25(23)29)33-26(30)18-4-2-3-5-20(18)27/h2-13H,1H3. The third kappa shape index (κ3) is 4.04.